The molecule has 0 aromatic rings. The number of nitrogens with two attached hydrogens (primary N) is 1. The molecule has 0 bridgehead atoms. The number of rotatable bonds is 4. The smallest absolute Gasteiger partial charge is 0.124 e. The molecule has 2 nitrogen and oxygen atoms in total. The minimum Gasteiger partial charge on any atom is -0.375 e. The molecule has 0 heterocycles. The van der Waals surface area contributed by atoms with Crippen molar-refractivity contribution < 1.29 is 5.11 Å². The lowest BCUT2D eigenvalue weighted by Crippen LogP contribution is -2.21. The van der Waals surface area contributed by atoms with Crippen molar-refractivity contribution in [1.29, 1.82) is 0 Å². The first kappa shape index (κ1) is 9.66. The fraction of sp³-hybridized carbons (Fsp3) is 0.750. The SMILES string of the molecule is CCC/C=C(\CC)[C@H](N)O. The minimum atomic E-state index is -0.753. The molecule has 1 atom stereocenters. The van der Waals surface area contributed by atoms with Gasteiger partial charge in [0.15, 0.2) is 0 Å². The summed E-state index contributed by atoms with van der Waals surface area (Å²) in [7, 11) is 0. The summed E-state index contributed by atoms with van der Waals surface area (Å²) < 4.78 is 0. The van der Waals surface area contributed by atoms with Crippen LogP contribution in [0.1, 0.15) is 33.1 Å². The summed E-state index contributed by atoms with van der Waals surface area (Å²) in [5.74, 6) is 0. The first-order valence-electron chi connectivity index (χ1n) is 3.84. The van der Waals surface area contributed by atoms with E-state index in [2.05, 4.69) is 6.92 Å². The third-order valence-electron chi connectivity index (χ3n) is 1.48. The molecule has 0 unspecified atom stereocenters. The minimum absolute atomic E-state index is 0.753. The molecule has 0 aliphatic heterocycles. The predicted molar refractivity (Wildman–Crippen MR) is 43.5 cm³/mol. The normalized spacial score (nSPS) is 15.4. The van der Waals surface area contributed by atoms with Gasteiger partial charge >= 0.3 is 0 Å². The van der Waals surface area contributed by atoms with Crippen LogP contribution in [0, 0.1) is 0 Å². The highest BCUT2D eigenvalue weighted by atomic mass is 16.3. The van der Waals surface area contributed by atoms with E-state index in [1.807, 2.05) is 13.0 Å². The maximum Gasteiger partial charge on any atom is 0.124 e. The molecule has 0 aliphatic carbocycles. The van der Waals surface area contributed by atoms with Gasteiger partial charge in [0.2, 0.25) is 0 Å². The van der Waals surface area contributed by atoms with Crippen LogP contribution in [0.15, 0.2) is 11.6 Å². The summed E-state index contributed by atoms with van der Waals surface area (Å²) in [4.78, 5) is 0. The first-order valence-corrected chi connectivity index (χ1v) is 3.84. The highest BCUT2D eigenvalue weighted by Gasteiger charge is 1.99. The van der Waals surface area contributed by atoms with Gasteiger partial charge in [-0.2, -0.15) is 0 Å². The molecule has 2 heteroatoms. The highest BCUT2D eigenvalue weighted by molar-refractivity contribution is 5.04. The van der Waals surface area contributed by atoms with Crippen molar-refractivity contribution in [1.82, 2.24) is 0 Å². The van der Waals surface area contributed by atoms with Crippen LogP contribution in [0.3, 0.4) is 0 Å². The van der Waals surface area contributed by atoms with Gasteiger partial charge in [-0.05, 0) is 18.4 Å². The quantitative estimate of drug-likeness (QED) is 0.461. The van der Waals surface area contributed by atoms with E-state index in [-0.39, 0.29) is 0 Å². The van der Waals surface area contributed by atoms with Gasteiger partial charge in [-0.15, -0.1) is 0 Å². The Bertz CT molecular complexity index is 108. The molecule has 0 aliphatic rings. The monoisotopic (exact) mass is 143 g/mol. The second kappa shape index (κ2) is 5.45. The molecule has 0 amide bonds. The van der Waals surface area contributed by atoms with Crippen LogP contribution in [0.2, 0.25) is 0 Å². The van der Waals surface area contributed by atoms with E-state index < -0.39 is 6.23 Å². The highest BCUT2D eigenvalue weighted by Crippen LogP contribution is 2.05. The largest absolute Gasteiger partial charge is 0.375 e. The van der Waals surface area contributed by atoms with Crippen LogP contribution in [-0.4, -0.2) is 11.3 Å². The molecule has 0 rings (SSSR count). The Kier molecular flexibility index (Phi) is 5.26. The Morgan fingerprint density at radius 2 is 2.20 bits per heavy atom. The van der Waals surface area contributed by atoms with Crippen molar-refractivity contribution in [3.05, 3.63) is 11.6 Å². The number of aliphatic hydroxyl groups is 1. The van der Waals surface area contributed by atoms with Gasteiger partial charge in [-0.25, -0.2) is 0 Å². The lowest BCUT2D eigenvalue weighted by molar-refractivity contribution is 0.215. The van der Waals surface area contributed by atoms with E-state index in [1.165, 1.54) is 0 Å². The molecule has 0 saturated carbocycles. The van der Waals surface area contributed by atoms with E-state index in [0.717, 1.165) is 24.8 Å². The molecule has 3 N–H and O–H groups in total. The fourth-order valence-corrected chi connectivity index (χ4v) is 0.804. The molecule has 0 radical (unpaired) electrons. The molecule has 0 aromatic heterocycles. The molecular formula is C8H17NO. The third-order valence-corrected chi connectivity index (χ3v) is 1.48. The zero-order chi connectivity index (χ0) is 7.98. The van der Waals surface area contributed by atoms with Gasteiger partial charge in [-0.3, -0.25) is 0 Å². The Labute approximate surface area is 62.7 Å². The number of hydrogen-bond acceptors (Lipinski definition) is 2. The van der Waals surface area contributed by atoms with Crippen molar-refractivity contribution in [2.75, 3.05) is 0 Å². The van der Waals surface area contributed by atoms with Gasteiger partial charge in [0.25, 0.3) is 0 Å². The van der Waals surface area contributed by atoms with Gasteiger partial charge < -0.3 is 10.8 Å². The van der Waals surface area contributed by atoms with Crippen LogP contribution in [0.4, 0.5) is 0 Å². The Morgan fingerprint density at radius 1 is 1.60 bits per heavy atom. The number of unbranched alkanes of at least 4 members (excludes halogenated alkanes) is 1. The second-order valence-electron chi connectivity index (χ2n) is 2.37. The van der Waals surface area contributed by atoms with Crippen LogP contribution in [0.5, 0.6) is 0 Å². The van der Waals surface area contributed by atoms with Gasteiger partial charge in [0.05, 0.1) is 0 Å². The Hall–Kier alpha value is -0.340. The van der Waals surface area contributed by atoms with Crippen LogP contribution in [-0.2, 0) is 0 Å². The average Bonchev–Trinajstić information content (AvgIpc) is 1.89. The lowest BCUT2D eigenvalue weighted by atomic mass is 10.1. The summed E-state index contributed by atoms with van der Waals surface area (Å²) in [6, 6.07) is 0. The third kappa shape index (κ3) is 3.64. The average molecular weight is 143 g/mol. The van der Waals surface area contributed by atoms with Crippen LogP contribution < -0.4 is 5.73 Å². The van der Waals surface area contributed by atoms with Gasteiger partial charge in [0.1, 0.15) is 6.23 Å². The van der Waals surface area contributed by atoms with Crippen molar-refractivity contribution in [2.45, 2.75) is 39.3 Å². The fourth-order valence-electron chi connectivity index (χ4n) is 0.804. The molecule has 10 heavy (non-hydrogen) atoms. The van der Waals surface area contributed by atoms with Crippen molar-refractivity contribution in [2.24, 2.45) is 5.73 Å². The molecule has 0 aromatic carbocycles. The topological polar surface area (TPSA) is 46.2 Å². The molecule has 60 valence electrons. The maximum atomic E-state index is 8.95. The summed E-state index contributed by atoms with van der Waals surface area (Å²) >= 11 is 0. The summed E-state index contributed by atoms with van der Waals surface area (Å²) in [5.41, 5.74) is 6.22. The summed E-state index contributed by atoms with van der Waals surface area (Å²) in [6.45, 7) is 4.10. The van der Waals surface area contributed by atoms with E-state index in [1.54, 1.807) is 0 Å². The van der Waals surface area contributed by atoms with E-state index in [9.17, 15) is 0 Å². The van der Waals surface area contributed by atoms with Gasteiger partial charge in [-0.1, -0.05) is 26.3 Å². The Balaban J connectivity index is 3.79. The van der Waals surface area contributed by atoms with E-state index >= 15 is 0 Å². The predicted octanol–water partition coefficient (Wildman–Crippen LogP) is 1.40. The molecule has 0 saturated heterocycles. The zero-order valence-corrected chi connectivity index (χ0v) is 6.80. The maximum absolute atomic E-state index is 8.95. The van der Waals surface area contributed by atoms with Crippen molar-refractivity contribution in [3.63, 3.8) is 0 Å². The zero-order valence-electron chi connectivity index (χ0n) is 6.80. The van der Waals surface area contributed by atoms with Gasteiger partial charge in [0, 0.05) is 0 Å². The summed E-state index contributed by atoms with van der Waals surface area (Å²) in [5, 5.41) is 8.95. The Morgan fingerprint density at radius 3 is 2.50 bits per heavy atom. The van der Waals surface area contributed by atoms with Crippen LogP contribution >= 0.6 is 0 Å². The summed E-state index contributed by atoms with van der Waals surface area (Å²) in [6.07, 6.45) is 4.23. The molecular weight excluding hydrogens is 126 g/mol. The molecule has 0 spiro atoms. The van der Waals surface area contributed by atoms with Crippen molar-refractivity contribution in [3.8, 4) is 0 Å². The van der Waals surface area contributed by atoms with E-state index in [0.29, 0.717) is 0 Å². The van der Waals surface area contributed by atoms with Crippen LogP contribution in [0.25, 0.3) is 0 Å². The standard InChI is InChI=1S/C8H17NO/c1-3-5-6-7(4-2)8(9)10/h6,8,10H,3-5,9H2,1-2H3/b7-6+/t8-/m1/s1. The first-order chi connectivity index (χ1) is 4.72. The van der Waals surface area contributed by atoms with Crippen molar-refractivity contribution >= 4 is 0 Å². The number of allylic oxidation sites excluding steroid dienone is 1. The lowest BCUT2D eigenvalue weighted by Gasteiger charge is -2.06. The van der Waals surface area contributed by atoms with E-state index in [4.69, 9.17) is 10.8 Å². The second-order valence-corrected chi connectivity index (χ2v) is 2.37. The number of aliphatic hydroxyl groups excluding tert-OH is 1. The molecule has 0 fully saturated rings. The number of hydrogen-bond donors (Lipinski definition) is 2.